The number of ether oxygens (including phenoxy) is 1. The molecule has 0 radical (unpaired) electrons. The van der Waals surface area contributed by atoms with Crippen LogP contribution in [0.2, 0.25) is 0 Å². The lowest BCUT2D eigenvalue weighted by atomic mass is 10.0. The molecule has 4 rings (SSSR count). The number of anilines is 1. The van der Waals surface area contributed by atoms with E-state index in [4.69, 9.17) is 14.7 Å². The highest BCUT2D eigenvalue weighted by atomic mass is 16.5. The van der Waals surface area contributed by atoms with Gasteiger partial charge in [0.2, 0.25) is 5.91 Å². The van der Waals surface area contributed by atoms with Gasteiger partial charge >= 0.3 is 0 Å². The van der Waals surface area contributed by atoms with Crippen LogP contribution in [0.25, 0.3) is 11.4 Å². The number of amides is 1. The van der Waals surface area contributed by atoms with Crippen molar-refractivity contribution in [2.24, 2.45) is 5.92 Å². The number of fused-ring (bicyclic) bond motifs is 1. The van der Waals surface area contributed by atoms with Gasteiger partial charge in [-0.1, -0.05) is 45.0 Å². The third-order valence-electron chi connectivity index (χ3n) is 6.35. The average Bonchev–Trinajstić information content (AvgIpc) is 3.23. The SMILES string of the molecule is CCCC(=O)Cc1ccc(-c2nc3c(c(N4CCOC[C@@H]4C)n2)CN(C(=O)C(C)C)C3)cc1. The van der Waals surface area contributed by atoms with Crippen LogP contribution in [-0.4, -0.2) is 52.4 Å². The molecule has 1 aromatic carbocycles. The van der Waals surface area contributed by atoms with Gasteiger partial charge in [0.15, 0.2) is 5.82 Å². The molecule has 2 aromatic rings. The van der Waals surface area contributed by atoms with Crippen LogP contribution in [0.4, 0.5) is 5.82 Å². The summed E-state index contributed by atoms with van der Waals surface area (Å²) < 4.78 is 5.64. The van der Waals surface area contributed by atoms with E-state index in [0.717, 1.165) is 41.2 Å². The maximum Gasteiger partial charge on any atom is 0.225 e. The number of aromatic nitrogens is 2. The normalized spacial score (nSPS) is 18.0. The first-order chi connectivity index (χ1) is 15.9. The van der Waals surface area contributed by atoms with Crippen LogP contribution in [0, 0.1) is 5.92 Å². The van der Waals surface area contributed by atoms with Gasteiger partial charge in [0, 0.05) is 36.4 Å². The smallest absolute Gasteiger partial charge is 0.225 e. The Hall–Kier alpha value is -2.80. The Morgan fingerprint density at radius 2 is 1.91 bits per heavy atom. The average molecular weight is 451 g/mol. The van der Waals surface area contributed by atoms with Gasteiger partial charge in [0.1, 0.15) is 11.6 Å². The molecule has 33 heavy (non-hydrogen) atoms. The molecule has 0 spiro atoms. The number of rotatable bonds is 7. The highest BCUT2D eigenvalue weighted by Crippen LogP contribution is 2.34. The van der Waals surface area contributed by atoms with Crippen molar-refractivity contribution in [1.29, 1.82) is 0 Å². The second-order valence-corrected chi connectivity index (χ2v) is 9.42. The molecule has 1 atom stereocenters. The number of Topliss-reactive ketones (excluding diaryl/α,β-unsaturated/α-hetero) is 1. The van der Waals surface area contributed by atoms with Gasteiger partial charge in [-0.2, -0.15) is 0 Å². The Balaban J connectivity index is 1.67. The fraction of sp³-hybridized carbons (Fsp3) is 0.538. The van der Waals surface area contributed by atoms with Gasteiger partial charge in [-0.05, 0) is 18.9 Å². The summed E-state index contributed by atoms with van der Waals surface area (Å²) in [5, 5.41) is 0. The fourth-order valence-electron chi connectivity index (χ4n) is 4.53. The van der Waals surface area contributed by atoms with Crippen molar-refractivity contribution < 1.29 is 14.3 Å². The summed E-state index contributed by atoms with van der Waals surface area (Å²) in [6.45, 7) is 11.2. The first kappa shape index (κ1) is 23.4. The van der Waals surface area contributed by atoms with E-state index in [1.54, 1.807) is 0 Å². The molecular formula is C26H34N4O3. The minimum absolute atomic E-state index is 0.0551. The lowest BCUT2D eigenvalue weighted by molar-refractivity contribution is -0.135. The van der Waals surface area contributed by atoms with Crippen LogP contribution in [0.15, 0.2) is 24.3 Å². The third-order valence-corrected chi connectivity index (χ3v) is 6.35. The van der Waals surface area contributed by atoms with Crippen LogP contribution in [0.3, 0.4) is 0 Å². The predicted molar refractivity (Wildman–Crippen MR) is 128 cm³/mol. The molecule has 0 N–H and O–H groups in total. The Bertz CT molecular complexity index is 1020. The van der Waals surface area contributed by atoms with Gasteiger partial charge in [0.25, 0.3) is 0 Å². The van der Waals surface area contributed by atoms with E-state index < -0.39 is 0 Å². The Kier molecular flexibility index (Phi) is 7.08. The molecule has 176 valence electrons. The van der Waals surface area contributed by atoms with Crippen molar-refractivity contribution in [3.05, 3.63) is 41.1 Å². The van der Waals surface area contributed by atoms with Crippen molar-refractivity contribution in [3.63, 3.8) is 0 Å². The number of morpholine rings is 1. The van der Waals surface area contributed by atoms with Crippen molar-refractivity contribution in [1.82, 2.24) is 14.9 Å². The highest BCUT2D eigenvalue weighted by Gasteiger charge is 2.33. The van der Waals surface area contributed by atoms with Gasteiger partial charge in [-0.3, -0.25) is 9.59 Å². The lowest BCUT2D eigenvalue weighted by Crippen LogP contribution is -2.44. The van der Waals surface area contributed by atoms with Gasteiger partial charge in [0.05, 0.1) is 38.0 Å². The number of hydrogen-bond acceptors (Lipinski definition) is 6. The molecule has 0 aliphatic carbocycles. The number of nitrogens with zero attached hydrogens (tertiary/aromatic N) is 4. The van der Waals surface area contributed by atoms with E-state index in [-0.39, 0.29) is 23.7 Å². The first-order valence-corrected chi connectivity index (χ1v) is 12.0. The summed E-state index contributed by atoms with van der Waals surface area (Å²) in [5.41, 5.74) is 3.89. The number of hydrogen-bond donors (Lipinski definition) is 0. The molecule has 7 nitrogen and oxygen atoms in total. The molecule has 1 aromatic heterocycles. The topological polar surface area (TPSA) is 75.6 Å². The molecule has 1 amide bonds. The highest BCUT2D eigenvalue weighted by molar-refractivity contribution is 5.81. The van der Waals surface area contributed by atoms with Gasteiger partial charge in [-0.15, -0.1) is 0 Å². The largest absolute Gasteiger partial charge is 0.377 e. The van der Waals surface area contributed by atoms with Gasteiger partial charge < -0.3 is 14.5 Å². The van der Waals surface area contributed by atoms with E-state index >= 15 is 0 Å². The summed E-state index contributed by atoms with van der Waals surface area (Å²) in [6, 6.07) is 8.17. The second kappa shape index (κ2) is 10.00. The van der Waals surface area contributed by atoms with Crippen molar-refractivity contribution in [3.8, 4) is 11.4 Å². The second-order valence-electron chi connectivity index (χ2n) is 9.42. The molecule has 1 fully saturated rings. The zero-order valence-corrected chi connectivity index (χ0v) is 20.1. The number of carbonyl (C=O) groups is 2. The molecular weight excluding hydrogens is 416 g/mol. The zero-order chi connectivity index (χ0) is 23.5. The molecule has 0 saturated carbocycles. The maximum atomic E-state index is 12.7. The van der Waals surface area contributed by atoms with Gasteiger partial charge in [-0.25, -0.2) is 9.97 Å². The minimum atomic E-state index is -0.0551. The molecule has 0 unspecified atom stereocenters. The molecule has 3 heterocycles. The molecule has 0 bridgehead atoms. The van der Waals surface area contributed by atoms with Crippen LogP contribution >= 0.6 is 0 Å². The van der Waals surface area contributed by atoms with Crippen molar-refractivity contribution >= 4 is 17.5 Å². The first-order valence-electron chi connectivity index (χ1n) is 12.0. The lowest BCUT2D eigenvalue weighted by Gasteiger charge is -2.35. The van der Waals surface area contributed by atoms with E-state index in [1.807, 2.05) is 49.9 Å². The number of ketones is 1. The third kappa shape index (κ3) is 5.08. The molecule has 2 aliphatic rings. The summed E-state index contributed by atoms with van der Waals surface area (Å²) >= 11 is 0. The van der Waals surface area contributed by atoms with E-state index in [9.17, 15) is 9.59 Å². The maximum absolute atomic E-state index is 12.7. The van der Waals surface area contributed by atoms with E-state index in [2.05, 4.69) is 11.8 Å². The quantitative estimate of drug-likeness (QED) is 0.639. The summed E-state index contributed by atoms with van der Waals surface area (Å²) in [7, 11) is 0. The summed E-state index contributed by atoms with van der Waals surface area (Å²) in [5.74, 6) is 1.91. The van der Waals surface area contributed by atoms with Crippen LogP contribution in [-0.2, 0) is 33.8 Å². The van der Waals surface area contributed by atoms with Crippen molar-refractivity contribution in [2.45, 2.75) is 66.1 Å². The fourth-order valence-corrected chi connectivity index (χ4v) is 4.53. The Labute approximate surface area is 196 Å². The number of carbonyl (C=O) groups excluding carboxylic acids is 2. The Morgan fingerprint density at radius 1 is 1.15 bits per heavy atom. The Morgan fingerprint density at radius 3 is 2.58 bits per heavy atom. The van der Waals surface area contributed by atoms with E-state index in [0.29, 0.717) is 45.0 Å². The summed E-state index contributed by atoms with van der Waals surface area (Å²) in [4.78, 5) is 38.8. The van der Waals surface area contributed by atoms with Crippen molar-refractivity contribution in [2.75, 3.05) is 24.7 Å². The minimum Gasteiger partial charge on any atom is -0.377 e. The number of benzene rings is 1. The molecule has 2 aliphatic heterocycles. The standard InChI is InChI=1S/C26H34N4O3/c1-5-6-21(31)13-19-7-9-20(10-8-19)24-27-23-15-29(26(32)17(2)3)14-22(23)25(28-24)30-11-12-33-16-18(30)4/h7-10,17-18H,5-6,11-16H2,1-4H3/t18-/m0/s1. The molecule has 1 saturated heterocycles. The van der Waals surface area contributed by atoms with E-state index in [1.165, 1.54) is 0 Å². The predicted octanol–water partition coefficient (Wildman–Crippen LogP) is 3.78. The van der Waals surface area contributed by atoms with Crippen LogP contribution < -0.4 is 4.90 Å². The molecule has 7 heteroatoms. The van der Waals surface area contributed by atoms with Crippen LogP contribution in [0.1, 0.15) is 57.4 Å². The zero-order valence-electron chi connectivity index (χ0n) is 20.1. The van der Waals surface area contributed by atoms with Crippen LogP contribution in [0.5, 0.6) is 0 Å². The monoisotopic (exact) mass is 450 g/mol. The summed E-state index contributed by atoms with van der Waals surface area (Å²) in [6.07, 6.45) is 1.95.